The van der Waals surface area contributed by atoms with Crippen LogP contribution in [-0.4, -0.2) is 48.2 Å². The Morgan fingerprint density at radius 3 is 2.76 bits per heavy atom. The van der Waals surface area contributed by atoms with E-state index in [1.54, 1.807) is 0 Å². The number of nitrogens with zero attached hydrogens (tertiary/aromatic N) is 1. The Balaban J connectivity index is 2.09. The quantitative estimate of drug-likeness (QED) is 0.687. The van der Waals surface area contributed by atoms with Gasteiger partial charge in [-0.05, 0) is 12.1 Å². The molecule has 0 aliphatic carbocycles. The van der Waals surface area contributed by atoms with E-state index in [9.17, 15) is 4.55 Å². The summed E-state index contributed by atoms with van der Waals surface area (Å²) in [5.74, 6) is 0.422. The van der Waals surface area contributed by atoms with Crippen LogP contribution in [0, 0.1) is 0 Å². The van der Waals surface area contributed by atoms with Gasteiger partial charge in [-0.3, -0.25) is 0 Å². The molecule has 94 valence electrons. The second-order valence-corrected chi connectivity index (χ2v) is 5.64. The molecule has 1 aromatic carbocycles. The summed E-state index contributed by atoms with van der Waals surface area (Å²) >= 11 is -0.840. The Morgan fingerprint density at radius 1 is 1.29 bits per heavy atom. The summed E-state index contributed by atoms with van der Waals surface area (Å²) in [4.78, 5) is 3.23. The Hall–Kier alpha value is -0.750. The molecule has 1 fully saturated rings. The Kier molecular flexibility index (Phi) is 4.67. The number of hydrogen-bond donors (Lipinski definition) is 3. The summed E-state index contributed by atoms with van der Waals surface area (Å²) in [6.07, 6.45) is 0. The number of benzene rings is 1. The van der Waals surface area contributed by atoms with E-state index < -0.39 is 11.2 Å². The molecule has 0 bridgehead atoms. The van der Waals surface area contributed by atoms with Gasteiger partial charge in [0.2, 0.25) is 0 Å². The molecule has 1 atom stereocenters. The smallest absolute Gasteiger partial charge is 0.192 e. The number of aliphatic hydroxyl groups is 1. The number of nitrogens with one attached hydrogen (secondary N) is 1. The molecule has 1 aliphatic rings. The van der Waals surface area contributed by atoms with E-state index >= 15 is 0 Å². The van der Waals surface area contributed by atoms with Crippen LogP contribution < -0.4 is 10.2 Å². The standard InChI is InChI=1S/C12H19N2O2S/c15-8-9-17(16)12-3-1-2-11(10-12)14-6-4-13-5-7-14/h1-3,10,13,15-16H,4-9H2/q+1. The number of piperazine rings is 1. The van der Waals surface area contributed by atoms with Gasteiger partial charge in [0.15, 0.2) is 21.8 Å². The zero-order valence-electron chi connectivity index (χ0n) is 9.80. The zero-order chi connectivity index (χ0) is 12.1. The van der Waals surface area contributed by atoms with Crippen LogP contribution in [0.1, 0.15) is 0 Å². The highest BCUT2D eigenvalue weighted by atomic mass is 32.2. The molecule has 5 heteroatoms. The van der Waals surface area contributed by atoms with Crippen LogP contribution >= 0.6 is 0 Å². The SMILES string of the molecule is OCC[S+](O)c1cccc(N2CCNCC2)c1. The first kappa shape index (κ1) is 12.7. The fraction of sp³-hybridized carbons (Fsp3) is 0.500. The molecule has 0 spiro atoms. The summed E-state index contributed by atoms with van der Waals surface area (Å²) in [6, 6.07) is 8.00. The number of aliphatic hydroxyl groups excluding tert-OH is 1. The van der Waals surface area contributed by atoms with Gasteiger partial charge in [0.1, 0.15) is 0 Å². The van der Waals surface area contributed by atoms with Crippen molar-refractivity contribution in [3.05, 3.63) is 24.3 Å². The van der Waals surface area contributed by atoms with Gasteiger partial charge >= 0.3 is 0 Å². The molecule has 3 N–H and O–H groups in total. The lowest BCUT2D eigenvalue weighted by Gasteiger charge is -2.29. The van der Waals surface area contributed by atoms with E-state index in [0.717, 1.165) is 36.8 Å². The number of hydrogen-bond acceptors (Lipinski definition) is 4. The lowest BCUT2D eigenvalue weighted by molar-refractivity contribution is 0.320. The van der Waals surface area contributed by atoms with Crippen LogP contribution in [0.25, 0.3) is 0 Å². The molecule has 1 aliphatic heterocycles. The van der Waals surface area contributed by atoms with Gasteiger partial charge in [0, 0.05) is 37.9 Å². The maximum Gasteiger partial charge on any atom is 0.192 e. The molecule has 17 heavy (non-hydrogen) atoms. The molecule has 4 nitrogen and oxygen atoms in total. The number of rotatable bonds is 4. The zero-order valence-corrected chi connectivity index (χ0v) is 10.6. The molecule has 0 radical (unpaired) electrons. The van der Waals surface area contributed by atoms with E-state index in [1.807, 2.05) is 18.2 Å². The summed E-state index contributed by atoms with van der Waals surface area (Å²) in [5, 5.41) is 12.2. The van der Waals surface area contributed by atoms with E-state index in [-0.39, 0.29) is 6.61 Å². The Bertz CT molecular complexity index is 356. The number of anilines is 1. The van der Waals surface area contributed by atoms with Crippen molar-refractivity contribution in [2.75, 3.05) is 43.4 Å². The molecule has 1 saturated heterocycles. The lowest BCUT2D eigenvalue weighted by atomic mass is 10.2. The highest BCUT2D eigenvalue weighted by Gasteiger charge is 2.20. The Labute approximate surface area is 105 Å². The maximum atomic E-state index is 9.88. The fourth-order valence-electron chi connectivity index (χ4n) is 1.95. The van der Waals surface area contributed by atoms with Crippen molar-refractivity contribution < 1.29 is 9.66 Å². The summed E-state index contributed by atoms with van der Waals surface area (Å²) in [5.41, 5.74) is 1.16. The fourth-order valence-corrected chi connectivity index (χ4v) is 2.86. The predicted molar refractivity (Wildman–Crippen MR) is 71.7 cm³/mol. The van der Waals surface area contributed by atoms with Gasteiger partial charge in [0.25, 0.3) is 0 Å². The minimum atomic E-state index is -0.840. The van der Waals surface area contributed by atoms with E-state index in [2.05, 4.69) is 16.3 Å². The monoisotopic (exact) mass is 255 g/mol. The lowest BCUT2D eigenvalue weighted by Crippen LogP contribution is -2.43. The van der Waals surface area contributed by atoms with Crippen molar-refractivity contribution >= 4 is 16.9 Å². The van der Waals surface area contributed by atoms with Crippen LogP contribution in [0.3, 0.4) is 0 Å². The first-order valence-electron chi connectivity index (χ1n) is 5.88. The highest BCUT2D eigenvalue weighted by Crippen LogP contribution is 2.20. The summed E-state index contributed by atoms with van der Waals surface area (Å²) < 4.78 is 9.88. The normalized spacial score (nSPS) is 18.1. The molecule has 1 heterocycles. The van der Waals surface area contributed by atoms with Gasteiger partial charge in [-0.25, -0.2) is 0 Å². The van der Waals surface area contributed by atoms with Crippen LogP contribution in [0.15, 0.2) is 29.2 Å². The van der Waals surface area contributed by atoms with Crippen molar-refractivity contribution in [2.45, 2.75) is 4.90 Å². The van der Waals surface area contributed by atoms with E-state index in [1.165, 1.54) is 0 Å². The third-order valence-corrected chi connectivity index (χ3v) is 4.22. The van der Waals surface area contributed by atoms with E-state index in [4.69, 9.17) is 5.11 Å². The van der Waals surface area contributed by atoms with Gasteiger partial charge in [-0.2, -0.15) is 4.55 Å². The molecule has 0 amide bonds. The van der Waals surface area contributed by atoms with Crippen LogP contribution in [0.5, 0.6) is 0 Å². The average Bonchev–Trinajstić information content (AvgIpc) is 2.40. The maximum absolute atomic E-state index is 9.88. The highest BCUT2D eigenvalue weighted by molar-refractivity contribution is 7.91. The summed E-state index contributed by atoms with van der Waals surface area (Å²) in [7, 11) is 0. The van der Waals surface area contributed by atoms with Crippen molar-refractivity contribution in [2.24, 2.45) is 0 Å². The van der Waals surface area contributed by atoms with Crippen LogP contribution in [0.4, 0.5) is 5.69 Å². The summed E-state index contributed by atoms with van der Waals surface area (Å²) in [6.45, 7) is 4.04. The second kappa shape index (κ2) is 6.26. The molecule has 1 unspecified atom stereocenters. The molecule has 0 saturated carbocycles. The van der Waals surface area contributed by atoms with Crippen molar-refractivity contribution in [3.63, 3.8) is 0 Å². The third-order valence-electron chi connectivity index (χ3n) is 2.86. The first-order chi connectivity index (χ1) is 8.31. The predicted octanol–water partition coefficient (Wildman–Crippen LogP) is 0.539. The van der Waals surface area contributed by atoms with E-state index in [0.29, 0.717) is 5.75 Å². The van der Waals surface area contributed by atoms with Crippen molar-refractivity contribution in [1.82, 2.24) is 5.32 Å². The van der Waals surface area contributed by atoms with Gasteiger partial charge in [-0.15, -0.1) is 0 Å². The third kappa shape index (κ3) is 3.35. The van der Waals surface area contributed by atoms with Gasteiger partial charge in [-0.1, -0.05) is 6.07 Å². The topological polar surface area (TPSA) is 55.7 Å². The van der Waals surface area contributed by atoms with Crippen LogP contribution in [0.2, 0.25) is 0 Å². The average molecular weight is 255 g/mol. The molecular weight excluding hydrogens is 236 g/mol. The largest absolute Gasteiger partial charge is 0.391 e. The first-order valence-corrected chi connectivity index (χ1v) is 7.23. The molecule has 0 aromatic heterocycles. The molecule has 1 aromatic rings. The minimum absolute atomic E-state index is 0.0253. The van der Waals surface area contributed by atoms with Crippen LogP contribution in [-0.2, 0) is 11.2 Å². The molecular formula is C12H19N2O2S+. The van der Waals surface area contributed by atoms with Crippen molar-refractivity contribution in [1.29, 1.82) is 0 Å². The Morgan fingerprint density at radius 2 is 2.06 bits per heavy atom. The van der Waals surface area contributed by atoms with Crippen molar-refractivity contribution in [3.8, 4) is 0 Å². The van der Waals surface area contributed by atoms with Gasteiger partial charge < -0.3 is 15.3 Å². The minimum Gasteiger partial charge on any atom is -0.391 e. The van der Waals surface area contributed by atoms with Gasteiger partial charge in [0.05, 0.1) is 6.61 Å². The molecule has 2 rings (SSSR count). The second-order valence-electron chi connectivity index (χ2n) is 4.03.